The summed E-state index contributed by atoms with van der Waals surface area (Å²) in [6, 6.07) is 5.85. The predicted molar refractivity (Wildman–Crippen MR) is 46.2 cm³/mol. The van der Waals surface area contributed by atoms with Gasteiger partial charge in [0, 0.05) is 5.56 Å². The molecule has 1 rings (SSSR count). The van der Waals surface area contributed by atoms with E-state index in [9.17, 15) is 12.9 Å². The molecule has 0 bridgehead atoms. The standard InChI is InChI=1S/C8H7BF3O/c10-9(11,12)6-5-7-3-1-2-4-8(7)13/h1-6,13H/q-1/b6-5+. The molecule has 0 aliphatic carbocycles. The SMILES string of the molecule is Oc1ccccc1/C=C/[B-](F)(F)F. The van der Waals surface area contributed by atoms with E-state index in [1.807, 2.05) is 0 Å². The second kappa shape index (κ2) is 3.55. The summed E-state index contributed by atoms with van der Waals surface area (Å²) < 4.78 is 35.3. The van der Waals surface area contributed by atoms with Crippen LogP contribution in [0.25, 0.3) is 6.08 Å². The largest absolute Gasteiger partial charge is 0.507 e. The highest BCUT2D eigenvalue weighted by molar-refractivity contribution is 6.64. The summed E-state index contributed by atoms with van der Waals surface area (Å²) in [6.07, 6.45) is 0.856. The van der Waals surface area contributed by atoms with Crippen molar-refractivity contribution in [3.05, 3.63) is 35.8 Å². The molecular formula is C8H7BF3O-. The third-order valence-corrected chi connectivity index (χ3v) is 1.43. The van der Waals surface area contributed by atoms with Crippen LogP contribution in [0.1, 0.15) is 5.56 Å². The molecule has 1 aromatic carbocycles. The third kappa shape index (κ3) is 3.23. The van der Waals surface area contributed by atoms with Crippen LogP contribution in [0.2, 0.25) is 0 Å². The fourth-order valence-corrected chi connectivity index (χ4v) is 0.841. The van der Waals surface area contributed by atoms with E-state index in [1.165, 1.54) is 12.1 Å². The Morgan fingerprint density at radius 1 is 1.15 bits per heavy atom. The van der Waals surface area contributed by atoms with Crippen LogP contribution in [0.3, 0.4) is 0 Å². The minimum atomic E-state index is -4.93. The van der Waals surface area contributed by atoms with Crippen molar-refractivity contribution in [2.24, 2.45) is 0 Å². The number of benzene rings is 1. The first-order valence-electron chi connectivity index (χ1n) is 3.66. The Bertz CT molecular complexity index is 319. The van der Waals surface area contributed by atoms with Gasteiger partial charge in [0.1, 0.15) is 5.75 Å². The Morgan fingerprint density at radius 3 is 2.31 bits per heavy atom. The molecule has 1 aromatic rings. The van der Waals surface area contributed by atoms with Crippen molar-refractivity contribution in [2.45, 2.75) is 0 Å². The van der Waals surface area contributed by atoms with Crippen LogP contribution < -0.4 is 0 Å². The maximum absolute atomic E-state index is 11.8. The lowest BCUT2D eigenvalue weighted by Crippen LogP contribution is -2.09. The number of hydrogen-bond acceptors (Lipinski definition) is 1. The second-order valence-electron chi connectivity index (χ2n) is 2.54. The zero-order chi connectivity index (χ0) is 9.90. The fourth-order valence-electron chi connectivity index (χ4n) is 0.841. The summed E-state index contributed by atoms with van der Waals surface area (Å²) in [7, 11) is 0. The molecule has 0 aliphatic heterocycles. The molecule has 0 aromatic heterocycles. The van der Waals surface area contributed by atoms with Gasteiger partial charge in [0.2, 0.25) is 0 Å². The topological polar surface area (TPSA) is 20.2 Å². The minimum Gasteiger partial charge on any atom is -0.507 e. The van der Waals surface area contributed by atoms with Crippen molar-refractivity contribution in [3.8, 4) is 5.75 Å². The number of rotatable bonds is 2. The number of phenols is 1. The predicted octanol–water partition coefficient (Wildman–Crippen LogP) is 2.79. The average Bonchev–Trinajstić information content (AvgIpc) is 2.01. The van der Waals surface area contributed by atoms with Gasteiger partial charge in [-0.25, -0.2) is 0 Å². The molecule has 0 amide bonds. The zero-order valence-corrected chi connectivity index (χ0v) is 6.62. The quantitative estimate of drug-likeness (QED) is 0.705. The van der Waals surface area contributed by atoms with Gasteiger partial charge in [-0.1, -0.05) is 24.3 Å². The molecule has 0 aliphatic rings. The van der Waals surface area contributed by atoms with E-state index >= 15 is 0 Å². The van der Waals surface area contributed by atoms with E-state index in [0.29, 0.717) is 0 Å². The minimum absolute atomic E-state index is 0.148. The van der Waals surface area contributed by atoms with Crippen molar-refractivity contribution >= 4 is 13.1 Å². The van der Waals surface area contributed by atoms with Crippen molar-refractivity contribution in [3.63, 3.8) is 0 Å². The van der Waals surface area contributed by atoms with Gasteiger partial charge >= 0.3 is 6.98 Å². The fraction of sp³-hybridized carbons (Fsp3) is 0. The van der Waals surface area contributed by atoms with Crippen molar-refractivity contribution in [2.75, 3.05) is 0 Å². The molecule has 5 heteroatoms. The number of hydrogen-bond donors (Lipinski definition) is 1. The molecule has 0 heterocycles. The summed E-state index contributed by atoms with van der Waals surface area (Å²) in [4.78, 5) is 0. The van der Waals surface area contributed by atoms with Crippen LogP contribution in [0, 0.1) is 0 Å². The van der Waals surface area contributed by atoms with E-state index in [-0.39, 0.29) is 17.3 Å². The third-order valence-electron chi connectivity index (χ3n) is 1.43. The summed E-state index contributed by atoms with van der Waals surface area (Å²) in [5.41, 5.74) is 0.168. The molecule has 0 spiro atoms. The molecule has 13 heavy (non-hydrogen) atoms. The van der Waals surface area contributed by atoms with Crippen molar-refractivity contribution in [1.29, 1.82) is 0 Å². The lowest BCUT2D eigenvalue weighted by atomic mass is 9.90. The first-order valence-corrected chi connectivity index (χ1v) is 3.66. The van der Waals surface area contributed by atoms with E-state index in [1.54, 1.807) is 12.1 Å². The van der Waals surface area contributed by atoms with Gasteiger partial charge < -0.3 is 18.1 Å². The van der Waals surface area contributed by atoms with Gasteiger partial charge in [0.05, 0.1) is 0 Å². The molecule has 70 valence electrons. The van der Waals surface area contributed by atoms with Gasteiger partial charge in [-0.3, -0.25) is 0 Å². The molecule has 0 unspecified atom stereocenters. The normalized spacial score (nSPS) is 12.2. The van der Waals surface area contributed by atoms with Crippen LogP contribution in [0.5, 0.6) is 5.75 Å². The first-order chi connectivity index (χ1) is 5.99. The van der Waals surface area contributed by atoms with Crippen LogP contribution in [-0.4, -0.2) is 12.1 Å². The van der Waals surface area contributed by atoms with Gasteiger partial charge in [0.25, 0.3) is 0 Å². The van der Waals surface area contributed by atoms with E-state index in [4.69, 9.17) is 5.11 Å². The van der Waals surface area contributed by atoms with Crippen LogP contribution in [0.4, 0.5) is 12.9 Å². The van der Waals surface area contributed by atoms with Crippen molar-refractivity contribution < 1.29 is 18.1 Å². The van der Waals surface area contributed by atoms with E-state index < -0.39 is 6.98 Å². The molecule has 1 N–H and O–H groups in total. The van der Waals surface area contributed by atoms with Crippen LogP contribution in [0.15, 0.2) is 30.2 Å². The summed E-state index contributed by atoms with van der Waals surface area (Å²) in [5, 5.41) is 9.10. The zero-order valence-electron chi connectivity index (χ0n) is 6.62. The summed E-state index contributed by atoms with van der Waals surface area (Å²) in [5.74, 6) is -0.00602. The smallest absolute Gasteiger partial charge is 0.502 e. The monoisotopic (exact) mass is 187 g/mol. The maximum Gasteiger partial charge on any atom is 0.502 e. The number of aromatic hydroxyl groups is 1. The first kappa shape index (κ1) is 9.70. The Kier molecular flexibility index (Phi) is 2.65. The van der Waals surface area contributed by atoms with Crippen LogP contribution in [-0.2, 0) is 0 Å². The molecule has 1 nitrogen and oxygen atoms in total. The molecule has 0 fully saturated rings. The molecular weight excluding hydrogens is 180 g/mol. The number of halogens is 3. The molecule has 0 radical (unpaired) electrons. The lowest BCUT2D eigenvalue weighted by molar-refractivity contribution is 0.474. The summed E-state index contributed by atoms with van der Waals surface area (Å²) in [6.45, 7) is -4.93. The molecule has 0 atom stereocenters. The molecule has 0 saturated heterocycles. The lowest BCUT2D eigenvalue weighted by Gasteiger charge is -2.06. The summed E-state index contributed by atoms with van der Waals surface area (Å²) >= 11 is 0. The van der Waals surface area contributed by atoms with Gasteiger partial charge in [0.15, 0.2) is 0 Å². The Labute approximate surface area is 73.6 Å². The maximum atomic E-state index is 11.8. The highest BCUT2D eigenvalue weighted by Crippen LogP contribution is 2.19. The van der Waals surface area contributed by atoms with Crippen LogP contribution >= 0.6 is 0 Å². The molecule has 0 saturated carbocycles. The van der Waals surface area contributed by atoms with Gasteiger partial charge in [-0.15, -0.1) is 5.98 Å². The Hall–Kier alpha value is -1.39. The number of phenolic OH excluding ortho intramolecular Hbond substituents is 1. The number of para-hydroxylation sites is 1. The van der Waals surface area contributed by atoms with Crippen molar-refractivity contribution in [1.82, 2.24) is 0 Å². The Balaban J connectivity index is 2.86. The van der Waals surface area contributed by atoms with Gasteiger partial charge in [-0.2, -0.15) is 0 Å². The highest BCUT2D eigenvalue weighted by Gasteiger charge is 2.17. The van der Waals surface area contributed by atoms with Gasteiger partial charge in [-0.05, 0) is 6.07 Å². The second-order valence-corrected chi connectivity index (χ2v) is 2.54. The van der Waals surface area contributed by atoms with E-state index in [0.717, 1.165) is 6.08 Å². The van der Waals surface area contributed by atoms with E-state index in [2.05, 4.69) is 0 Å². The Morgan fingerprint density at radius 2 is 1.77 bits per heavy atom. The average molecular weight is 187 g/mol. The highest BCUT2D eigenvalue weighted by atomic mass is 19.4.